The van der Waals surface area contributed by atoms with E-state index < -0.39 is 0 Å². The molecular weight excluding hydrogens is 380 g/mol. The van der Waals surface area contributed by atoms with Crippen molar-refractivity contribution in [2.45, 2.75) is 43.8 Å². The zero-order valence-corrected chi connectivity index (χ0v) is 16.2. The third kappa shape index (κ3) is 2.96. The van der Waals surface area contributed by atoms with Crippen LogP contribution in [0, 0.1) is 0 Å². The third-order valence-corrected chi connectivity index (χ3v) is 5.99. The quantitative estimate of drug-likeness (QED) is 0.667. The zero-order valence-electron chi connectivity index (χ0n) is 14.6. The van der Waals surface area contributed by atoms with Crippen LogP contribution in [-0.4, -0.2) is 20.3 Å². The summed E-state index contributed by atoms with van der Waals surface area (Å²) in [4.78, 5) is 0. The van der Waals surface area contributed by atoms with E-state index in [2.05, 4.69) is 40.2 Å². The lowest BCUT2D eigenvalue weighted by atomic mass is 9.75. The molecule has 1 fully saturated rings. The second kappa shape index (κ2) is 7.00. The molecule has 0 bridgehead atoms. The van der Waals surface area contributed by atoms with E-state index in [0.29, 0.717) is 5.92 Å². The van der Waals surface area contributed by atoms with Crippen molar-refractivity contribution in [1.82, 2.24) is 0 Å². The molecule has 132 valence electrons. The number of methoxy groups -OCH3 is 2. The Morgan fingerprint density at radius 1 is 0.880 bits per heavy atom. The van der Waals surface area contributed by atoms with Gasteiger partial charge in [0.25, 0.3) is 0 Å². The van der Waals surface area contributed by atoms with Crippen LogP contribution in [0.4, 0.5) is 0 Å². The standard InChI is InChI=1S/C21H23BrO3/c1-23-17-11-12-18(24-2)20-19(17)15-5-3-4-6-16(15)25-21(20)13-7-9-14(22)10-8-13/h7-12,15-16,21H,3-6H2,1-2H3/t15-,16+,21-/m1/s1. The molecule has 4 rings (SSSR count). The van der Waals surface area contributed by atoms with Gasteiger partial charge < -0.3 is 14.2 Å². The molecule has 1 aliphatic carbocycles. The van der Waals surface area contributed by atoms with E-state index in [1.54, 1.807) is 14.2 Å². The molecule has 0 unspecified atom stereocenters. The van der Waals surface area contributed by atoms with Crippen molar-refractivity contribution in [2.75, 3.05) is 14.2 Å². The Labute approximate surface area is 157 Å². The average Bonchev–Trinajstić information content (AvgIpc) is 2.67. The summed E-state index contributed by atoms with van der Waals surface area (Å²) >= 11 is 3.52. The van der Waals surface area contributed by atoms with Crippen molar-refractivity contribution in [3.8, 4) is 11.5 Å². The van der Waals surface area contributed by atoms with E-state index in [9.17, 15) is 0 Å². The Morgan fingerprint density at radius 3 is 2.20 bits per heavy atom. The van der Waals surface area contributed by atoms with Crippen LogP contribution in [0.2, 0.25) is 0 Å². The van der Waals surface area contributed by atoms with Gasteiger partial charge in [-0.15, -0.1) is 0 Å². The van der Waals surface area contributed by atoms with Crippen molar-refractivity contribution >= 4 is 15.9 Å². The highest BCUT2D eigenvalue weighted by Gasteiger charge is 2.41. The van der Waals surface area contributed by atoms with Gasteiger partial charge in [0.15, 0.2) is 0 Å². The Balaban J connectivity index is 1.91. The Bertz CT molecular complexity index is 756. The summed E-state index contributed by atoms with van der Waals surface area (Å²) in [7, 11) is 3.48. The van der Waals surface area contributed by atoms with Gasteiger partial charge in [0.1, 0.15) is 17.6 Å². The van der Waals surface area contributed by atoms with Gasteiger partial charge in [-0.05, 0) is 42.7 Å². The fourth-order valence-corrected chi connectivity index (χ4v) is 4.59. The van der Waals surface area contributed by atoms with E-state index in [4.69, 9.17) is 14.2 Å². The SMILES string of the molecule is COc1ccc(OC)c2c1[C@@H](c1ccc(Br)cc1)O[C@H]1CCCC[C@@H]21. The lowest BCUT2D eigenvalue weighted by Crippen LogP contribution is -2.34. The van der Waals surface area contributed by atoms with Crippen LogP contribution in [0.25, 0.3) is 0 Å². The van der Waals surface area contributed by atoms with Gasteiger partial charge in [-0.3, -0.25) is 0 Å². The van der Waals surface area contributed by atoms with Crippen LogP contribution in [0.15, 0.2) is 40.9 Å². The van der Waals surface area contributed by atoms with E-state index in [-0.39, 0.29) is 12.2 Å². The van der Waals surface area contributed by atoms with E-state index >= 15 is 0 Å². The third-order valence-electron chi connectivity index (χ3n) is 5.47. The molecule has 1 aliphatic heterocycles. The highest BCUT2D eigenvalue weighted by molar-refractivity contribution is 9.10. The predicted octanol–water partition coefficient (Wildman–Crippen LogP) is 5.61. The molecule has 0 amide bonds. The first-order chi connectivity index (χ1) is 12.2. The summed E-state index contributed by atoms with van der Waals surface area (Å²) in [5.74, 6) is 2.23. The van der Waals surface area contributed by atoms with Gasteiger partial charge in [-0.25, -0.2) is 0 Å². The summed E-state index contributed by atoms with van der Waals surface area (Å²) in [6.07, 6.45) is 4.86. The minimum atomic E-state index is -0.118. The molecule has 4 heteroatoms. The molecular formula is C21H23BrO3. The number of ether oxygens (including phenoxy) is 3. The van der Waals surface area contributed by atoms with Crippen LogP contribution >= 0.6 is 15.9 Å². The summed E-state index contributed by atoms with van der Waals surface area (Å²) < 4.78 is 19.2. The van der Waals surface area contributed by atoms with E-state index in [0.717, 1.165) is 39.9 Å². The zero-order chi connectivity index (χ0) is 17.4. The molecule has 2 aromatic carbocycles. The van der Waals surface area contributed by atoms with Crippen molar-refractivity contribution in [3.63, 3.8) is 0 Å². The Kier molecular flexibility index (Phi) is 4.74. The first-order valence-corrected chi connectivity index (χ1v) is 9.68. The van der Waals surface area contributed by atoms with Crippen molar-refractivity contribution < 1.29 is 14.2 Å². The molecule has 0 radical (unpaired) electrons. The predicted molar refractivity (Wildman–Crippen MR) is 102 cm³/mol. The van der Waals surface area contributed by atoms with Gasteiger partial charge in [-0.1, -0.05) is 40.9 Å². The lowest BCUT2D eigenvalue weighted by molar-refractivity contribution is -0.0406. The molecule has 0 aromatic heterocycles. The second-order valence-electron chi connectivity index (χ2n) is 6.79. The smallest absolute Gasteiger partial charge is 0.125 e. The van der Waals surface area contributed by atoms with Crippen LogP contribution in [0.5, 0.6) is 11.5 Å². The fourth-order valence-electron chi connectivity index (χ4n) is 4.32. The normalized spacial score (nSPS) is 25.0. The summed E-state index contributed by atoms with van der Waals surface area (Å²) in [6.45, 7) is 0. The summed E-state index contributed by atoms with van der Waals surface area (Å²) in [6, 6.07) is 12.4. The number of hydrogen-bond acceptors (Lipinski definition) is 3. The molecule has 0 spiro atoms. The highest BCUT2D eigenvalue weighted by atomic mass is 79.9. The number of halogens is 1. The van der Waals surface area contributed by atoms with Crippen LogP contribution in [0.3, 0.4) is 0 Å². The Hall–Kier alpha value is -1.52. The monoisotopic (exact) mass is 402 g/mol. The minimum Gasteiger partial charge on any atom is -0.496 e. The fraction of sp³-hybridized carbons (Fsp3) is 0.429. The first-order valence-electron chi connectivity index (χ1n) is 8.88. The highest BCUT2D eigenvalue weighted by Crippen LogP contribution is 2.52. The number of fused-ring (bicyclic) bond motifs is 3. The van der Waals surface area contributed by atoms with Crippen molar-refractivity contribution in [1.29, 1.82) is 0 Å². The maximum atomic E-state index is 6.63. The van der Waals surface area contributed by atoms with Gasteiger partial charge in [0.2, 0.25) is 0 Å². The van der Waals surface area contributed by atoms with Gasteiger partial charge in [0.05, 0.1) is 20.3 Å². The average molecular weight is 403 g/mol. The first kappa shape index (κ1) is 16.9. The maximum absolute atomic E-state index is 6.63. The molecule has 1 heterocycles. The van der Waals surface area contributed by atoms with Gasteiger partial charge in [-0.2, -0.15) is 0 Å². The lowest BCUT2D eigenvalue weighted by Gasteiger charge is -2.42. The van der Waals surface area contributed by atoms with Gasteiger partial charge >= 0.3 is 0 Å². The summed E-state index contributed by atoms with van der Waals surface area (Å²) in [5.41, 5.74) is 3.57. The second-order valence-corrected chi connectivity index (χ2v) is 7.71. The minimum absolute atomic E-state index is 0.118. The van der Waals surface area contributed by atoms with Gasteiger partial charge in [0, 0.05) is 21.5 Å². The number of benzene rings is 2. The Morgan fingerprint density at radius 2 is 1.52 bits per heavy atom. The van der Waals surface area contributed by atoms with E-state index in [1.807, 2.05) is 12.1 Å². The molecule has 2 aromatic rings. The maximum Gasteiger partial charge on any atom is 0.125 e. The largest absolute Gasteiger partial charge is 0.496 e. The van der Waals surface area contributed by atoms with E-state index in [1.165, 1.54) is 18.4 Å². The van der Waals surface area contributed by atoms with Crippen molar-refractivity contribution in [3.05, 3.63) is 57.6 Å². The van der Waals surface area contributed by atoms with Crippen LogP contribution in [0.1, 0.15) is 54.4 Å². The molecule has 3 nitrogen and oxygen atoms in total. The number of hydrogen-bond donors (Lipinski definition) is 0. The molecule has 1 saturated carbocycles. The summed E-state index contributed by atoms with van der Waals surface area (Å²) in [5, 5.41) is 0. The number of rotatable bonds is 3. The molecule has 3 atom stereocenters. The van der Waals surface area contributed by atoms with Crippen LogP contribution in [-0.2, 0) is 4.74 Å². The molecule has 0 N–H and O–H groups in total. The molecule has 0 saturated heterocycles. The van der Waals surface area contributed by atoms with Crippen LogP contribution < -0.4 is 9.47 Å². The topological polar surface area (TPSA) is 27.7 Å². The molecule has 2 aliphatic rings. The van der Waals surface area contributed by atoms with Crippen molar-refractivity contribution in [2.24, 2.45) is 0 Å². The molecule has 25 heavy (non-hydrogen) atoms.